The normalized spacial score (nSPS) is 21.8. The molecule has 24 nitrogen and oxygen atoms in total. The van der Waals surface area contributed by atoms with Crippen LogP contribution in [0.4, 0.5) is 5.82 Å². The molecule has 28 heteroatoms. The van der Waals surface area contributed by atoms with E-state index in [4.69, 9.17) is 19.5 Å². The van der Waals surface area contributed by atoms with Crippen LogP contribution in [0.2, 0.25) is 0 Å². The lowest BCUT2D eigenvalue weighted by Gasteiger charge is -2.30. The summed E-state index contributed by atoms with van der Waals surface area (Å²) in [6.45, 7) is 2.00. The molecule has 1 aliphatic heterocycles. The number of nitrogens with zero attached hydrogens (tertiary/aromatic N) is 4. The topological polar surface area (TPSA) is 364 Å². The molecule has 1 fully saturated rings. The number of fused-ring (bicyclic) bond motifs is 1. The molecule has 1 aliphatic rings. The highest BCUT2D eigenvalue weighted by atomic mass is 32.2. The van der Waals surface area contributed by atoms with Gasteiger partial charge in [0.25, 0.3) is 0 Å². The number of anilines is 1. The summed E-state index contributed by atoms with van der Waals surface area (Å²) in [6, 6.07) is 6.66. The Morgan fingerprint density at radius 3 is 2.36 bits per heavy atom. The first-order valence-corrected chi connectivity index (χ1v) is 21.0. The van der Waals surface area contributed by atoms with Crippen LogP contribution < -0.4 is 15.8 Å². The summed E-state index contributed by atoms with van der Waals surface area (Å²) in [5, 5.41) is 23.3. The van der Waals surface area contributed by atoms with Crippen LogP contribution in [0.3, 0.4) is 0 Å². The second-order valence-electron chi connectivity index (χ2n) is 12.5. The number of hydrogen-bond acceptors (Lipinski definition) is 18. The number of amides is 2. The number of carbonyl (C=O) groups is 3. The lowest BCUT2D eigenvalue weighted by atomic mass is 9.87. The van der Waals surface area contributed by atoms with E-state index >= 15 is 0 Å². The van der Waals surface area contributed by atoms with Gasteiger partial charge in [-0.3, -0.25) is 37.2 Å². The van der Waals surface area contributed by atoms with E-state index in [1.54, 1.807) is 24.3 Å². The molecule has 0 radical (unpaired) electrons. The van der Waals surface area contributed by atoms with Crippen molar-refractivity contribution in [2.75, 3.05) is 25.5 Å². The Hall–Kier alpha value is -3.22. The van der Waals surface area contributed by atoms with E-state index in [9.17, 15) is 57.9 Å². The fourth-order valence-electron chi connectivity index (χ4n) is 4.75. The van der Waals surface area contributed by atoms with Crippen LogP contribution in [0.5, 0.6) is 0 Å². The zero-order chi connectivity index (χ0) is 40.9. The number of imidazole rings is 1. The largest absolute Gasteiger partial charge is 0.481 e. The minimum atomic E-state index is -5.58. The number of nitrogens with one attached hydrogen (secondary N) is 2. The highest BCUT2D eigenvalue weighted by Crippen LogP contribution is 2.61. The van der Waals surface area contributed by atoms with Crippen molar-refractivity contribution >= 4 is 69.3 Å². The number of aliphatic hydroxyl groups is 2. The van der Waals surface area contributed by atoms with E-state index in [0.29, 0.717) is 17.5 Å². The number of phosphoric ester groups is 3. The van der Waals surface area contributed by atoms with Crippen molar-refractivity contribution in [1.29, 1.82) is 0 Å². The van der Waals surface area contributed by atoms with Gasteiger partial charge in [0, 0.05) is 35.9 Å². The molecule has 3 aromatic rings. The highest BCUT2D eigenvalue weighted by Gasteiger charge is 2.50. The number of nitrogen functional groups attached to an aromatic ring is 1. The molecule has 1 aromatic carbocycles. The first-order valence-electron chi connectivity index (χ1n) is 15.7. The number of carbonyl (C=O) groups excluding carboxylic acids is 3. The van der Waals surface area contributed by atoms with Crippen LogP contribution in [0.15, 0.2) is 36.9 Å². The van der Waals surface area contributed by atoms with Crippen molar-refractivity contribution in [1.82, 2.24) is 29.6 Å². The van der Waals surface area contributed by atoms with Gasteiger partial charge in [-0.05, 0) is 6.92 Å². The monoisotopic (exact) mass is 857 g/mol. The Bertz CT molecular complexity index is 2020. The van der Waals surface area contributed by atoms with Gasteiger partial charge in [0.2, 0.25) is 16.9 Å². The fourth-order valence-corrected chi connectivity index (χ4v) is 8.15. The summed E-state index contributed by atoms with van der Waals surface area (Å²) in [5.41, 5.74) is 5.54. The van der Waals surface area contributed by atoms with Gasteiger partial charge in [-0.2, -0.15) is 4.31 Å². The Morgan fingerprint density at radius 2 is 1.71 bits per heavy atom. The quantitative estimate of drug-likeness (QED) is 0.0646. The molecule has 0 saturated carbocycles. The van der Waals surface area contributed by atoms with E-state index < -0.39 is 89.7 Å². The Morgan fingerprint density at radius 1 is 1.05 bits per heavy atom. The number of phosphoric acid groups is 3. The molecule has 2 unspecified atom stereocenters. The van der Waals surface area contributed by atoms with E-state index in [1.807, 2.05) is 6.92 Å². The van der Waals surface area contributed by atoms with Gasteiger partial charge in [-0.1, -0.05) is 43.7 Å². The van der Waals surface area contributed by atoms with Gasteiger partial charge in [-0.25, -0.2) is 28.6 Å². The first-order chi connectivity index (χ1) is 25.5. The van der Waals surface area contributed by atoms with E-state index in [1.165, 1.54) is 13.8 Å². The smallest absolute Gasteiger partial charge is 0.386 e. The molecule has 0 spiro atoms. The molecule has 0 bridgehead atoms. The summed E-state index contributed by atoms with van der Waals surface area (Å²) in [6.07, 6.45) is -7.08. The Labute approximate surface area is 315 Å². The minimum Gasteiger partial charge on any atom is -0.386 e. The number of aromatic nitrogens is 4. The van der Waals surface area contributed by atoms with Crippen LogP contribution in [0.1, 0.15) is 42.4 Å². The molecule has 7 atom stereocenters. The molecule has 2 aromatic heterocycles. The third-order valence-electron chi connectivity index (χ3n) is 7.62. The average Bonchev–Trinajstić information content (AvgIpc) is 3.65. The van der Waals surface area contributed by atoms with Crippen molar-refractivity contribution in [2.24, 2.45) is 5.41 Å². The summed E-state index contributed by atoms with van der Waals surface area (Å²) >= 11 is 0.550. The molecule has 1 saturated heterocycles. The van der Waals surface area contributed by atoms with Gasteiger partial charge in [-0.15, -0.1) is 0 Å². The van der Waals surface area contributed by atoms with Crippen molar-refractivity contribution in [3.8, 4) is 0 Å². The summed E-state index contributed by atoms with van der Waals surface area (Å²) in [5.74, 6) is -1.67. The SMILES string of the molecule is Cc1ccc(C(=O)SNC(=O)CCNC(=O)[C@H](O)C(C)(C)COP(=O)(O)OP(=O)(O)OC[C@H]2O[C@@H](n3cnc4c(N)ncnc43)[C@H](O)[C@@H]2OP(=O)(O)O)cc1. The van der Waals surface area contributed by atoms with Gasteiger partial charge in [0.15, 0.2) is 17.7 Å². The number of aryl methyl sites for hydroxylation is 1. The summed E-state index contributed by atoms with van der Waals surface area (Å²) in [4.78, 5) is 87.8. The second-order valence-corrected chi connectivity index (χ2v) is 17.5. The maximum atomic E-state index is 12.7. The first kappa shape index (κ1) is 44.5. The number of benzene rings is 1. The molecule has 2 amide bonds. The van der Waals surface area contributed by atoms with Crippen LogP contribution in [0, 0.1) is 12.3 Å². The van der Waals surface area contributed by atoms with Gasteiger partial charge in [0.05, 0.1) is 19.5 Å². The molecular weight excluding hydrogens is 819 g/mol. The lowest BCUT2D eigenvalue weighted by molar-refractivity contribution is -0.137. The number of nitrogens with two attached hydrogens (primary N) is 1. The third-order valence-corrected chi connectivity index (χ3v) is 11.5. The van der Waals surface area contributed by atoms with E-state index in [-0.39, 0.29) is 29.9 Å². The molecule has 304 valence electrons. The molecule has 10 N–H and O–H groups in total. The molecular formula is C27H38N7O17P3S. The van der Waals surface area contributed by atoms with Gasteiger partial charge < -0.3 is 45.6 Å². The van der Waals surface area contributed by atoms with Gasteiger partial charge in [0.1, 0.15) is 36.3 Å². The van der Waals surface area contributed by atoms with Crippen LogP contribution in [0.25, 0.3) is 11.2 Å². The minimum absolute atomic E-state index is 0.0265. The zero-order valence-corrected chi connectivity index (χ0v) is 32.5. The number of hydrogen-bond donors (Lipinski definition) is 9. The fraction of sp³-hybridized carbons (Fsp3) is 0.481. The maximum absolute atomic E-state index is 12.7. The average molecular weight is 858 g/mol. The number of rotatable bonds is 17. The molecule has 3 heterocycles. The van der Waals surface area contributed by atoms with Crippen molar-refractivity contribution in [3.63, 3.8) is 0 Å². The highest BCUT2D eigenvalue weighted by molar-refractivity contribution is 8.12. The molecule has 0 aliphatic carbocycles. The van der Waals surface area contributed by atoms with Crippen LogP contribution in [-0.4, -0.2) is 110 Å². The second kappa shape index (κ2) is 17.9. The number of ether oxygens (including phenoxy) is 1. The maximum Gasteiger partial charge on any atom is 0.481 e. The van der Waals surface area contributed by atoms with E-state index in [2.05, 4.69) is 33.8 Å². The van der Waals surface area contributed by atoms with Crippen molar-refractivity contribution in [3.05, 3.63) is 48.0 Å². The lowest BCUT2D eigenvalue weighted by Crippen LogP contribution is -2.46. The van der Waals surface area contributed by atoms with Gasteiger partial charge >= 0.3 is 23.5 Å². The Kier molecular flexibility index (Phi) is 14.5. The van der Waals surface area contributed by atoms with Crippen molar-refractivity contribution < 1.29 is 80.5 Å². The standard InChI is InChI=1S/C27H38N7O17P3S/c1-14-4-6-15(7-5-14)26(39)55-33-17(35)8-9-29-24(38)21(37)27(2,3)11-48-54(45,46)51-53(43,44)47-10-16-20(50-52(40,41)42)19(36)25(49-16)34-13-32-18-22(28)30-12-31-23(18)34/h4-7,12-13,16,19-21,25,36-37H,8-11H2,1-3H3,(H,29,38)(H,33,35)(H,43,44)(H,45,46)(H2,28,30,31)(H2,40,41,42)/t16-,19-,20-,21+,25-/m1/s1. The predicted octanol–water partition coefficient (Wildman–Crippen LogP) is 0.202. The van der Waals surface area contributed by atoms with Crippen LogP contribution in [-0.2, 0) is 45.9 Å². The zero-order valence-electron chi connectivity index (χ0n) is 29.0. The Balaban J connectivity index is 1.27. The van der Waals surface area contributed by atoms with Crippen molar-refractivity contribution in [2.45, 2.75) is 57.8 Å². The van der Waals surface area contributed by atoms with E-state index in [0.717, 1.165) is 22.8 Å². The molecule has 4 rings (SSSR count). The number of aliphatic hydroxyl groups excluding tert-OH is 2. The summed E-state index contributed by atoms with van der Waals surface area (Å²) in [7, 11) is -16.4. The molecule has 55 heavy (non-hydrogen) atoms. The third kappa shape index (κ3) is 12.4. The van der Waals surface area contributed by atoms with Crippen LogP contribution >= 0.6 is 35.4 Å². The predicted molar refractivity (Wildman–Crippen MR) is 188 cm³/mol. The summed E-state index contributed by atoms with van der Waals surface area (Å²) < 4.78 is 64.4.